The van der Waals surface area contributed by atoms with E-state index in [4.69, 9.17) is 18.3 Å². The highest BCUT2D eigenvalue weighted by Crippen LogP contribution is 2.36. The number of hydrogen-bond donors (Lipinski definition) is 0. The zero-order valence-electron chi connectivity index (χ0n) is 13.1. The minimum Gasteiger partial charge on any atom is -0.463 e. The smallest absolute Gasteiger partial charge is 0.374 e. The van der Waals surface area contributed by atoms with Crippen LogP contribution in [0.5, 0.6) is 11.5 Å². The lowest BCUT2D eigenvalue weighted by atomic mass is 10.2. The van der Waals surface area contributed by atoms with Gasteiger partial charge < -0.3 is 23.0 Å². The Hall–Kier alpha value is -2.94. The van der Waals surface area contributed by atoms with Crippen LogP contribution in [0.4, 0.5) is 0 Å². The molecule has 0 saturated heterocycles. The lowest BCUT2D eigenvalue weighted by Crippen LogP contribution is -2.02. The van der Waals surface area contributed by atoms with Crippen molar-refractivity contribution in [3.8, 4) is 23.0 Å². The molecule has 25 heavy (non-hydrogen) atoms. The largest absolute Gasteiger partial charge is 0.463 e. The minimum absolute atomic E-state index is 0.172. The lowest BCUT2D eigenvalue weighted by molar-refractivity contribution is 0.0564. The lowest BCUT2D eigenvalue weighted by Gasteiger charge is -1.99. The molecule has 3 heterocycles. The molecule has 1 aliphatic heterocycles. The average Bonchev–Trinajstić information content (AvgIpc) is 3.38. The molecule has 1 aliphatic rings. The number of ether oxygens (including phenoxy) is 3. The molecule has 0 spiro atoms. The molecule has 2 aromatic heterocycles. The summed E-state index contributed by atoms with van der Waals surface area (Å²) in [7, 11) is 1.30. The zero-order valence-corrected chi connectivity index (χ0v) is 13.9. The van der Waals surface area contributed by atoms with E-state index < -0.39 is 5.97 Å². The van der Waals surface area contributed by atoms with E-state index in [0.717, 1.165) is 5.56 Å². The Bertz CT molecular complexity index is 919. The molecule has 1 aromatic carbocycles. The van der Waals surface area contributed by atoms with Gasteiger partial charge in [0.05, 0.1) is 13.4 Å². The van der Waals surface area contributed by atoms with Gasteiger partial charge >= 0.3 is 5.97 Å². The van der Waals surface area contributed by atoms with Crippen LogP contribution in [-0.4, -0.2) is 30.1 Å². The number of methoxy groups -OCH3 is 1. The topological polar surface area (TPSA) is 96.8 Å². The number of furan rings is 1. The predicted molar refractivity (Wildman–Crippen MR) is 85.5 cm³/mol. The third kappa shape index (κ3) is 3.05. The summed E-state index contributed by atoms with van der Waals surface area (Å²) in [5.41, 5.74) is 1.43. The maximum atomic E-state index is 11.6. The van der Waals surface area contributed by atoms with Gasteiger partial charge in [0.2, 0.25) is 18.4 Å². The third-order valence-electron chi connectivity index (χ3n) is 3.49. The van der Waals surface area contributed by atoms with Crippen molar-refractivity contribution in [2.75, 3.05) is 13.9 Å². The second-order valence-electron chi connectivity index (χ2n) is 5.00. The predicted octanol–water partition coefficient (Wildman–Crippen LogP) is 3.14. The van der Waals surface area contributed by atoms with Gasteiger partial charge in [0.1, 0.15) is 0 Å². The molecule has 0 amide bonds. The van der Waals surface area contributed by atoms with Gasteiger partial charge in [-0.3, -0.25) is 0 Å². The van der Waals surface area contributed by atoms with E-state index in [2.05, 4.69) is 14.9 Å². The van der Waals surface area contributed by atoms with E-state index in [1.54, 1.807) is 18.2 Å². The van der Waals surface area contributed by atoms with Crippen LogP contribution in [0.15, 0.2) is 44.6 Å². The number of carbonyl (C=O) groups is 1. The summed E-state index contributed by atoms with van der Waals surface area (Å²) in [5.74, 6) is 1.79. The summed E-state index contributed by atoms with van der Waals surface area (Å²) in [6.07, 6.45) is 1.44. The first-order valence-electron chi connectivity index (χ1n) is 7.25. The highest BCUT2D eigenvalue weighted by atomic mass is 32.2. The Kier molecular flexibility index (Phi) is 4.06. The van der Waals surface area contributed by atoms with Gasteiger partial charge in [0, 0.05) is 16.9 Å². The van der Waals surface area contributed by atoms with E-state index >= 15 is 0 Å². The number of rotatable bonds is 5. The normalized spacial score (nSPS) is 12.4. The fourth-order valence-corrected chi connectivity index (χ4v) is 3.02. The van der Waals surface area contributed by atoms with Crippen molar-refractivity contribution >= 4 is 17.7 Å². The molecule has 8 nitrogen and oxygen atoms in total. The average molecular weight is 360 g/mol. The summed E-state index contributed by atoms with van der Waals surface area (Å²) in [6, 6.07) is 7.10. The molecule has 0 fully saturated rings. The maximum Gasteiger partial charge on any atom is 0.374 e. The summed E-state index contributed by atoms with van der Waals surface area (Å²) in [4.78, 5) is 11.6. The number of esters is 1. The maximum absolute atomic E-state index is 11.6. The number of benzene rings is 1. The number of carbonyl (C=O) groups excluding carboxylic acids is 1. The van der Waals surface area contributed by atoms with Gasteiger partial charge in [-0.15, -0.1) is 10.2 Å². The molecule has 0 aliphatic carbocycles. The van der Waals surface area contributed by atoms with Gasteiger partial charge in [0.25, 0.3) is 5.22 Å². The molecule has 0 bridgehead atoms. The monoisotopic (exact) mass is 360 g/mol. The summed E-state index contributed by atoms with van der Waals surface area (Å²) >= 11 is 1.30. The molecule has 0 unspecified atom stereocenters. The molecular formula is C16H12N2O6S. The molecule has 0 saturated carbocycles. The van der Waals surface area contributed by atoms with Gasteiger partial charge in [-0.1, -0.05) is 11.8 Å². The number of thioether (sulfide) groups is 1. The van der Waals surface area contributed by atoms with Crippen molar-refractivity contribution in [3.63, 3.8) is 0 Å². The number of hydrogen-bond acceptors (Lipinski definition) is 9. The quantitative estimate of drug-likeness (QED) is 0.502. The Morgan fingerprint density at radius 1 is 1.24 bits per heavy atom. The third-order valence-corrected chi connectivity index (χ3v) is 4.36. The van der Waals surface area contributed by atoms with Gasteiger partial charge in [-0.2, -0.15) is 0 Å². The Labute approximate surface area is 146 Å². The van der Waals surface area contributed by atoms with Gasteiger partial charge in [-0.25, -0.2) is 4.79 Å². The first kappa shape index (κ1) is 15.6. The molecule has 9 heteroatoms. The molecule has 3 aromatic rings. The SMILES string of the molecule is COC(=O)c1occc1CSc1nnc(-c2ccc3c(c2)OCO3)o1. The van der Waals surface area contributed by atoms with E-state index in [9.17, 15) is 4.79 Å². The Morgan fingerprint density at radius 2 is 2.12 bits per heavy atom. The van der Waals surface area contributed by atoms with Crippen LogP contribution in [0.2, 0.25) is 0 Å². The molecule has 0 atom stereocenters. The first-order valence-corrected chi connectivity index (χ1v) is 8.24. The van der Waals surface area contributed by atoms with Crippen LogP contribution in [0.25, 0.3) is 11.5 Å². The molecule has 4 rings (SSSR count). The van der Waals surface area contributed by atoms with Crippen LogP contribution < -0.4 is 9.47 Å². The molecule has 128 valence electrons. The van der Waals surface area contributed by atoms with Crippen LogP contribution in [0.3, 0.4) is 0 Å². The summed E-state index contributed by atoms with van der Waals surface area (Å²) in [5, 5.41) is 8.42. The van der Waals surface area contributed by atoms with Crippen molar-refractivity contribution in [3.05, 3.63) is 41.9 Å². The van der Waals surface area contributed by atoms with Crippen molar-refractivity contribution < 1.29 is 27.8 Å². The first-order chi connectivity index (χ1) is 12.2. The van der Waals surface area contributed by atoms with Crippen LogP contribution >= 0.6 is 11.8 Å². The fourth-order valence-electron chi connectivity index (χ4n) is 2.27. The minimum atomic E-state index is -0.521. The standard InChI is InChI=1S/C16H12N2O6S/c1-20-15(19)13-10(4-5-21-13)7-25-16-18-17-14(24-16)9-2-3-11-12(6-9)23-8-22-11/h2-6H,7-8H2,1H3. The highest BCUT2D eigenvalue weighted by Gasteiger charge is 2.19. The van der Waals surface area contributed by atoms with E-state index in [1.807, 2.05) is 6.07 Å². The van der Waals surface area contributed by atoms with Crippen LogP contribution in [0, 0.1) is 0 Å². The second kappa shape index (κ2) is 6.52. The second-order valence-corrected chi connectivity index (χ2v) is 5.92. The van der Waals surface area contributed by atoms with Crippen molar-refractivity contribution in [1.29, 1.82) is 0 Å². The van der Waals surface area contributed by atoms with Crippen LogP contribution in [-0.2, 0) is 10.5 Å². The number of fused-ring (bicyclic) bond motifs is 1. The van der Waals surface area contributed by atoms with Gasteiger partial charge in [0.15, 0.2) is 11.5 Å². The van der Waals surface area contributed by atoms with Crippen molar-refractivity contribution in [2.45, 2.75) is 11.0 Å². The zero-order chi connectivity index (χ0) is 17.2. The summed E-state index contributed by atoms with van der Waals surface area (Å²) in [6.45, 7) is 0.205. The van der Waals surface area contributed by atoms with E-state index in [-0.39, 0.29) is 12.6 Å². The van der Waals surface area contributed by atoms with Crippen LogP contribution in [0.1, 0.15) is 16.1 Å². The van der Waals surface area contributed by atoms with Crippen molar-refractivity contribution in [1.82, 2.24) is 10.2 Å². The molecule has 0 radical (unpaired) electrons. The van der Waals surface area contributed by atoms with Gasteiger partial charge in [-0.05, 0) is 24.3 Å². The van der Waals surface area contributed by atoms with Crippen molar-refractivity contribution in [2.24, 2.45) is 0 Å². The molecular weight excluding hydrogens is 348 g/mol. The molecule has 0 N–H and O–H groups in total. The highest BCUT2D eigenvalue weighted by molar-refractivity contribution is 7.98. The fraction of sp³-hybridized carbons (Fsp3) is 0.188. The Morgan fingerprint density at radius 3 is 3.00 bits per heavy atom. The number of aromatic nitrogens is 2. The summed E-state index contributed by atoms with van der Waals surface area (Å²) < 4.78 is 26.1. The number of nitrogens with zero attached hydrogens (tertiary/aromatic N) is 2. The van der Waals surface area contributed by atoms with E-state index in [1.165, 1.54) is 25.1 Å². The Balaban J connectivity index is 1.47. The van der Waals surface area contributed by atoms with E-state index in [0.29, 0.717) is 33.9 Å².